The van der Waals surface area contributed by atoms with E-state index in [1.54, 1.807) is 32.0 Å². The van der Waals surface area contributed by atoms with E-state index in [0.29, 0.717) is 24.1 Å². The van der Waals surface area contributed by atoms with Crippen LogP contribution in [-0.4, -0.2) is 47.9 Å². The van der Waals surface area contributed by atoms with Crippen LogP contribution in [0.5, 0.6) is 0 Å². The summed E-state index contributed by atoms with van der Waals surface area (Å²) in [6.07, 6.45) is 0.726. The molecule has 0 spiro atoms. The molecule has 146 valence electrons. The molecule has 2 aromatic rings. The number of sulfone groups is 1. The highest BCUT2D eigenvalue weighted by Gasteiger charge is 2.46. The van der Waals surface area contributed by atoms with Crippen LogP contribution in [0, 0.1) is 6.92 Å². The number of ether oxygens (including phenoxy) is 2. The minimum absolute atomic E-state index is 0.0737. The number of carbonyl (C=O) groups is 1. The summed E-state index contributed by atoms with van der Waals surface area (Å²) in [5.41, 5.74) is 1.52. The predicted octanol–water partition coefficient (Wildman–Crippen LogP) is 2.09. The molecule has 0 aromatic carbocycles. The van der Waals surface area contributed by atoms with Gasteiger partial charge in [-0.15, -0.1) is 0 Å². The molecular weight excluding hydrogens is 370 g/mol. The Morgan fingerprint density at radius 1 is 1.44 bits per heavy atom. The smallest absolute Gasteiger partial charge is 0.201 e. The zero-order chi connectivity index (χ0) is 19.7. The number of aldehydes is 1. The van der Waals surface area contributed by atoms with E-state index in [4.69, 9.17) is 9.47 Å². The molecule has 0 bridgehead atoms. The molecule has 8 nitrogen and oxygen atoms in total. The molecule has 1 fully saturated rings. The zero-order valence-electron chi connectivity index (χ0n) is 15.6. The summed E-state index contributed by atoms with van der Waals surface area (Å²) in [7, 11) is -2.15. The van der Waals surface area contributed by atoms with Crippen molar-refractivity contribution in [2.45, 2.75) is 49.3 Å². The van der Waals surface area contributed by atoms with Crippen molar-refractivity contribution in [3.8, 4) is 0 Å². The Morgan fingerprint density at radius 3 is 2.89 bits per heavy atom. The molecule has 1 saturated heterocycles. The van der Waals surface area contributed by atoms with Gasteiger partial charge in [0.05, 0.1) is 10.4 Å². The molecule has 0 amide bonds. The van der Waals surface area contributed by atoms with Gasteiger partial charge in [-0.05, 0) is 44.9 Å². The number of hydrogen-bond donors (Lipinski definition) is 0. The van der Waals surface area contributed by atoms with Gasteiger partial charge in [0.2, 0.25) is 9.84 Å². The van der Waals surface area contributed by atoms with Gasteiger partial charge in [-0.2, -0.15) is 5.10 Å². The summed E-state index contributed by atoms with van der Waals surface area (Å²) < 4.78 is 38.0. The second-order valence-corrected chi connectivity index (χ2v) is 9.32. The maximum Gasteiger partial charge on any atom is 0.201 e. The van der Waals surface area contributed by atoms with E-state index >= 15 is 0 Å². The van der Waals surface area contributed by atoms with Crippen molar-refractivity contribution in [3.05, 3.63) is 41.3 Å². The second kappa shape index (κ2) is 7.49. The molecule has 0 N–H and O–H groups in total. The monoisotopic (exact) mass is 393 g/mol. The fourth-order valence-corrected chi connectivity index (χ4v) is 5.07. The van der Waals surface area contributed by atoms with Crippen molar-refractivity contribution >= 4 is 16.1 Å². The number of pyridine rings is 1. The van der Waals surface area contributed by atoms with E-state index in [1.807, 2.05) is 0 Å². The van der Waals surface area contributed by atoms with E-state index in [2.05, 4.69) is 10.1 Å². The molecule has 2 atom stereocenters. The Labute approximate surface area is 158 Å². The Balaban J connectivity index is 1.96. The largest absolute Gasteiger partial charge is 0.372 e. The van der Waals surface area contributed by atoms with Crippen LogP contribution < -0.4 is 0 Å². The van der Waals surface area contributed by atoms with Gasteiger partial charge >= 0.3 is 0 Å². The van der Waals surface area contributed by atoms with Gasteiger partial charge in [0.25, 0.3) is 0 Å². The van der Waals surface area contributed by atoms with Gasteiger partial charge in [0, 0.05) is 19.4 Å². The minimum Gasteiger partial charge on any atom is -0.372 e. The van der Waals surface area contributed by atoms with Gasteiger partial charge in [-0.3, -0.25) is 4.79 Å². The molecule has 2 aromatic heterocycles. The first-order chi connectivity index (χ1) is 12.8. The van der Waals surface area contributed by atoms with E-state index in [-0.39, 0.29) is 30.5 Å². The lowest BCUT2D eigenvalue weighted by Crippen LogP contribution is -2.42. The summed E-state index contributed by atoms with van der Waals surface area (Å²) in [4.78, 5) is 15.3. The Morgan fingerprint density at radius 2 is 2.22 bits per heavy atom. The minimum atomic E-state index is -3.67. The maximum atomic E-state index is 13.3. The molecule has 3 heterocycles. The predicted molar refractivity (Wildman–Crippen MR) is 97.1 cm³/mol. The van der Waals surface area contributed by atoms with Crippen molar-refractivity contribution in [2.24, 2.45) is 0 Å². The van der Waals surface area contributed by atoms with Crippen LogP contribution in [0.1, 0.15) is 47.7 Å². The molecule has 3 rings (SSSR count). The molecular formula is C18H23N3O5S. The molecule has 2 unspecified atom stereocenters. The third kappa shape index (κ3) is 3.67. The van der Waals surface area contributed by atoms with Gasteiger partial charge in [0.1, 0.15) is 18.5 Å². The molecule has 9 heteroatoms. The lowest BCUT2D eigenvalue weighted by atomic mass is 9.94. The lowest BCUT2D eigenvalue weighted by Gasteiger charge is -2.37. The zero-order valence-corrected chi connectivity index (χ0v) is 16.4. The second-order valence-electron chi connectivity index (χ2n) is 6.91. The van der Waals surface area contributed by atoms with Crippen LogP contribution in [0.4, 0.5) is 0 Å². The van der Waals surface area contributed by atoms with Crippen LogP contribution in [0.15, 0.2) is 29.3 Å². The molecule has 1 aliphatic rings. The highest BCUT2D eigenvalue weighted by molar-refractivity contribution is 7.92. The normalized spacial score (nSPS) is 23.3. The molecule has 0 saturated carbocycles. The van der Waals surface area contributed by atoms with E-state index in [1.165, 1.54) is 17.9 Å². The van der Waals surface area contributed by atoms with Gasteiger partial charge in [-0.25, -0.2) is 18.1 Å². The first kappa shape index (κ1) is 19.7. The quantitative estimate of drug-likeness (QED) is 0.693. The number of rotatable bonds is 6. The highest BCUT2D eigenvalue weighted by Crippen LogP contribution is 2.41. The summed E-state index contributed by atoms with van der Waals surface area (Å²) in [5.74, 6) is 0. The fourth-order valence-electron chi connectivity index (χ4n) is 3.32. The molecule has 0 radical (unpaired) electrons. The Bertz CT molecular complexity index is 940. The summed E-state index contributed by atoms with van der Waals surface area (Å²) >= 11 is 0. The lowest BCUT2D eigenvalue weighted by molar-refractivity contribution is -0.00922. The third-order valence-electron chi connectivity index (χ3n) is 4.89. The van der Waals surface area contributed by atoms with E-state index < -0.39 is 20.7 Å². The van der Waals surface area contributed by atoms with Crippen molar-refractivity contribution < 1.29 is 22.7 Å². The SMILES string of the molecule is COCn1nc(C=O)cc1C1CC(C)(S(=O)(=O)c2cccc(C)n2)CCO1. The van der Waals surface area contributed by atoms with Crippen molar-refractivity contribution in [1.82, 2.24) is 14.8 Å². The Hall–Kier alpha value is -2.10. The van der Waals surface area contributed by atoms with Crippen LogP contribution >= 0.6 is 0 Å². The topological polar surface area (TPSA) is 100 Å². The number of nitrogens with zero attached hydrogens (tertiary/aromatic N) is 3. The number of aryl methyl sites for hydroxylation is 1. The average molecular weight is 393 g/mol. The van der Waals surface area contributed by atoms with Crippen molar-refractivity contribution in [1.29, 1.82) is 0 Å². The number of carbonyl (C=O) groups excluding carboxylic acids is 1. The highest BCUT2D eigenvalue weighted by atomic mass is 32.2. The van der Waals surface area contributed by atoms with Gasteiger partial charge < -0.3 is 9.47 Å². The number of hydrogen-bond acceptors (Lipinski definition) is 7. The van der Waals surface area contributed by atoms with Crippen molar-refractivity contribution in [3.63, 3.8) is 0 Å². The van der Waals surface area contributed by atoms with Gasteiger partial charge in [0.15, 0.2) is 11.3 Å². The average Bonchev–Trinajstić information content (AvgIpc) is 3.05. The standard InChI is InChI=1S/C18H23N3O5S/c1-13-5-4-6-17(19-13)27(23,24)18(2)7-8-26-16(10-18)15-9-14(11-22)20-21(15)12-25-3/h4-6,9,11,16H,7-8,10,12H2,1-3H3. The van der Waals surface area contributed by atoms with Gasteiger partial charge in [-0.1, -0.05) is 6.07 Å². The van der Waals surface area contributed by atoms with Crippen LogP contribution in [0.25, 0.3) is 0 Å². The van der Waals surface area contributed by atoms with Crippen LogP contribution in [0.3, 0.4) is 0 Å². The number of methoxy groups -OCH3 is 1. The Kier molecular flexibility index (Phi) is 5.45. The van der Waals surface area contributed by atoms with Crippen molar-refractivity contribution in [2.75, 3.05) is 13.7 Å². The van der Waals surface area contributed by atoms with E-state index in [9.17, 15) is 13.2 Å². The first-order valence-corrected chi connectivity index (χ1v) is 10.1. The van der Waals surface area contributed by atoms with Crippen LogP contribution in [0.2, 0.25) is 0 Å². The van der Waals surface area contributed by atoms with E-state index in [0.717, 1.165) is 0 Å². The molecule has 0 aliphatic carbocycles. The number of aromatic nitrogens is 3. The fraction of sp³-hybridized carbons (Fsp3) is 0.500. The maximum absolute atomic E-state index is 13.3. The summed E-state index contributed by atoms with van der Waals surface area (Å²) in [5, 5.41) is 4.23. The first-order valence-electron chi connectivity index (χ1n) is 8.62. The molecule has 1 aliphatic heterocycles. The van der Waals surface area contributed by atoms with Crippen LogP contribution in [-0.2, 0) is 26.0 Å². The summed E-state index contributed by atoms with van der Waals surface area (Å²) in [6.45, 7) is 3.91. The molecule has 27 heavy (non-hydrogen) atoms. The summed E-state index contributed by atoms with van der Waals surface area (Å²) in [6, 6.07) is 6.59. The third-order valence-corrected chi connectivity index (χ3v) is 7.33.